The maximum atomic E-state index is 6.15. The van der Waals surface area contributed by atoms with Crippen LogP contribution in [0.15, 0.2) is 24.8 Å². The summed E-state index contributed by atoms with van der Waals surface area (Å²) in [6.07, 6.45) is 10.7. The molecule has 0 spiro atoms. The summed E-state index contributed by atoms with van der Waals surface area (Å²) in [6, 6.07) is 0. The maximum Gasteiger partial charge on any atom is 0.192 e. The first-order valence-corrected chi connectivity index (χ1v) is 10.1. The van der Waals surface area contributed by atoms with Crippen LogP contribution in [0.3, 0.4) is 0 Å². The highest BCUT2D eigenvalue weighted by Gasteiger charge is 2.36. The summed E-state index contributed by atoms with van der Waals surface area (Å²) >= 11 is 0. The lowest BCUT2D eigenvalue weighted by Gasteiger charge is -2.35. The molecule has 18 heavy (non-hydrogen) atoms. The molecule has 1 nitrogen and oxygen atoms in total. The lowest BCUT2D eigenvalue weighted by atomic mass is 9.96. The molecule has 0 saturated heterocycles. The Balaban J connectivity index is 2.40. The zero-order chi connectivity index (χ0) is 13.8. The second-order valence-corrected chi connectivity index (χ2v) is 11.8. The number of allylic oxidation sites excluding steroid dienone is 2. The van der Waals surface area contributed by atoms with E-state index in [2.05, 4.69) is 58.7 Å². The van der Waals surface area contributed by atoms with Crippen molar-refractivity contribution in [2.24, 2.45) is 11.8 Å². The van der Waals surface area contributed by atoms with Crippen molar-refractivity contribution in [2.45, 2.75) is 58.2 Å². The average Bonchev–Trinajstić information content (AvgIpc) is 2.70. The molecule has 0 unspecified atom stereocenters. The maximum absolute atomic E-state index is 6.15. The van der Waals surface area contributed by atoms with Crippen LogP contribution in [-0.2, 0) is 4.43 Å². The highest BCUT2D eigenvalue weighted by atomic mass is 28.4. The summed E-state index contributed by atoms with van der Waals surface area (Å²) in [6.45, 7) is 16.2. The zero-order valence-corrected chi connectivity index (χ0v) is 13.8. The molecule has 0 aromatic carbocycles. The van der Waals surface area contributed by atoms with Gasteiger partial charge in [0.2, 0.25) is 0 Å². The summed E-state index contributed by atoms with van der Waals surface area (Å²) in [5.41, 5.74) is 0. The summed E-state index contributed by atoms with van der Waals surface area (Å²) in [5.74, 6) is 1.39. The van der Waals surface area contributed by atoms with Gasteiger partial charge < -0.3 is 4.43 Å². The van der Waals surface area contributed by atoms with Crippen molar-refractivity contribution in [3.05, 3.63) is 24.8 Å². The molecule has 1 fully saturated rings. The minimum atomic E-state index is -1.58. The molecule has 1 saturated carbocycles. The summed E-state index contributed by atoms with van der Waals surface area (Å²) in [7, 11) is -1.58. The van der Waals surface area contributed by atoms with Gasteiger partial charge in [-0.2, -0.15) is 0 Å². The standard InChI is InChI=1S/C16H30OSi/c1-7-14-10-8-11-15(14)12-9-13-17-18(5,6)16(2,3)4/h7,9,12,14-15H,1,8,10-11,13H2,2-6H3/b12-9+/t14-,15-/m1/s1. The molecule has 0 heterocycles. The molecule has 0 bridgehead atoms. The van der Waals surface area contributed by atoms with Crippen molar-refractivity contribution in [3.63, 3.8) is 0 Å². The smallest absolute Gasteiger partial charge is 0.192 e. The molecule has 0 aromatic heterocycles. The molecule has 2 atom stereocenters. The first-order valence-electron chi connectivity index (χ1n) is 7.21. The fourth-order valence-electron chi connectivity index (χ4n) is 2.25. The Bertz CT molecular complexity index is 299. The van der Waals surface area contributed by atoms with E-state index in [0.29, 0.717) is 16.9 Å². The molecule has 0 aliphatic heterocycles. The fourth-order valence-corrected chi connectivity index (χ4v) is 3.20. The van der Waals surface area contributed by atoms with Crippen molar-refractivity contribution in [1.82, 2.24) is 0 Å². The largest absolute Gasteiger partial charge is 0.413 e. The van der Waals surface area contributed by atoms with E-state index < -0.39 is 8.32 Å². The van der Waals surface area contributed by atoms with Gasteiger partial charge in [-0.05, 0) is 42.8 Å². The third kappa shape index (κ3) is 4.10. The van der Waals surface area contributed by atoms with Gasteiger partial charge in [-0.15, -0.1) is 6.58 Å². The van der Waals surface area contributed by atoms with Gasteiger partial charge in [-0.1, -0.05) is 45.4 Å². The molecule has 0 aromatic rings. The molecule has 1 aliphatic carbocycles. The van der Waals surface area contributed by atoms with E-state index in [1.807, 2.05) is 0 Å². The second-order valence-electron chi connectivity index (χ2n) is 6.99. The highest BCUT2D eigenvalue weighted by molar-refractivity contribution is 6.74. The number of hydrogen-bond acceptors (Lipinski definition) is 1. The predicted molar refractivity (Wildman–Crippen MR) is 83.3 cm³/mol. The molecule has 0 N–H and O–H groups in total. The quantitative estimate of drug-likeness (QED) is 0.493. The second kappa shape index (κ2) is 6.20. The molecular formula is C16H30OSi. The SMILES string of the molecule is C=C[C@@H]1CCC[C@@H]1/C=C/CO[Si](C)(C)C(C)(C)C. The first-order chi connectivity index (χ1) is 8.28. The van der Waals surface area contributed by atoms with Crippen molar-refractivity contribution >= 4 is 8.32 Å². The predicted octanol–water partition coefficient (Wildman–Crippen LogP) is 5.17. The van der Waals surface area contributed by atoms with E-state index in [1.165, 1.54) is 19.3 Å². The number of rotatable bonds is 5. The Morgan fingerprint density at radius 3 is 2.39 bits per heavy atom. The van der Waals surface area contributed by atoms with E-state index >= 15 is 0 Å². The van der Waals surface area contributed by atoms with E-state index in [0.717, 1.165) is 6.61 Å². The molecule has 1 aliphatic rings. The highest BCUT2D eigenvalue weighted by Crippen LogP contribution is 2.36. The lowest BCUT2D eigenvalue weighted by Crippen LogP contribution is -2.40. The minimum absolute atomic E-state index is 0.303. The van der Waals surface area contributed by atoms with Crippen LogP contribution in [0.2, 0.25) is 18.1 Å². The van der Waals surface area contributed by atoms with E-state index in [9.17, 15) is 0 Å². The van der Waals surface area contributed by atoms with E-state index in [4.69, 9.17) is 4.43 Å². The van der Waals surface area contributed by atoms with Gasteiger partial charge in [0.1, 0.15) is 0 Å². The third-order valence-corrected chi connectivity index (χ3v) is 9.16. The van der Waals surface area contributed by atoms with Crippen molar-refractivity contribution < 1.29 is 4.43 Å². The minimum Gasteiger partial charge on any atom is -0.413 e. The van der Waals surface area contributed by atoms with Crippen LogP contribution in [0, 0.1) is 11.8 Å². The topological polar surface area (TPSA) is 9.23 Å². The van der Waals surface area contributed by atoms with Gasteiger partial charge in [0, 0.05) is 0 Å². The number of hydrogen-bond donors (Lipinski definition) is 0. The normalized spacial score (nSPS) is 25.8. The van der Waals surface area contributed by atoms with Gasteiger partial charge in [0.15, 0.2) is 8.32 Å². The Hall–Kier alpha value is -0.343. The third-order valence-electron chi connectivity index (χ3n) is 4.66. The Kier molecular flexibility index (Phi) is 5.41. The lowest BCUT2D eigenvalue weighted by molar-refractivity contribution is 0.327. The van der Waals surface area contributed by atoms with Crippen LogP contribution >= 0.6 is 0 Å². The van der Waals surface area contributed by atoms with Crippen LogP contribution in [0.5, 0.6) is 0 Å². The van der Waals surface area contributed by atoms with Gasteiger partial charge >= 0.3 is 0 Å². The van der Waals surface area contributed by atoms with Crippen LogP contribution in [0.1, 0.15) is 40.0 Å². The molecular weight excluding hydrogens is 236 g/mol. The molecule has 104 valence electrons. The first kappa shape index (κ1) is 15.7. The van der Waals surface area contributed by atoms with Crippen LogP contribution in [0.4, 0.5) is 0 Å². The Morgan fingerprint density at radius 1 is 1.22 bits per heavy atom. The summed E-state index contributed by atoms with van der Waals surface area (Å²) in [4.78, 5) is 0. The zero-order valence-electron chi connectivity index (χ0n) is 12.8. The summed E-state index contributed by atoms with van der Waals surface area (Å²) in [5, 5.41) is 0.303. The molecule has 0 amide bonds. The fraction of sp³-hybridized carbons (Fsp3) is 0.750. The molecule has 0 radical (unpaired) electrons. The van der Waals surface area contributed by atoms with E-state index in [1.54, 1.807) is 0 Å². The Morgan fingerprint density at radius 2 is 1.83 bits per heavy atom. The van der Waals surface area contributed by atoms with E-state index in [-0.39, 0.29) is 0 Å². The average molecular weight is 267 g/mol. The Labute approximate surface area is 114 Å². The van der Waals surface area contributed by atoms with Crippen LogP contribution < -0.4 is 0 Å². The molecule has 1 rings (SSSR count). The van der Waals surface area contributed by atoms with Gasteiger partial charge in [0.25, 0.3) is 0 Å². The van der Waals surface area contributed by atoms with Crippen LogP contribution in [0.25, 0.3) is 0 Å². The van der Waals surface area contributed by atoms with Gasteiger partial charge in [0.05, 0.1) is 6.61 Å². The monoisotopic (exact) mass is 266 g/mol. The van der Waals surface area contributed by atoms with Crippen molar-refractivity contribution in [3.8, 4) is 0 Å². The molecule has 2 heteroatoms. The van der Waals surface area contributed by atoms with Crippen LogP contribution in [-0.4, -0.2) is 14.9 Å². The van der Waals surface area contributed by atoms with Crippen molar-refractivity contribution in [2.75, 3.05) is 6.61 Å². The summed E-state index contributed by atoms with van der Waals surface area (Å²) < 4.78 is 6.15. The van der Waals surface area contributed by atoms with Gasteiger partial charge in [-0.25, -0.2) is 0 Å². The van der Waals surface area contributed by atoms with Gasteiger partial charge in [-0.3, -0.25) is 0 Å². The van der Waals surface area contributed by atoms with Crippen molar-refractivity contribution in [1.29, 1.82) is 0 Å².